The minimum absolute atomic E-state index is 0.0500. The predicted molar refractivity (Wildman–Crippen MR) is 77.1 cm³/mol. The third-order valence-corrected chi connectivity index (χ3v) is 3.70. The number of pyridine rings is 1. The minimum atomic E-state index is -0.218. The molecular formula is C16H20N2O2. The molecule has 0 bridgehead atoms. The van der Waals surface area contributed by atoms with Crippen molar-refractivity contribution in [3.8, 4) is 11.8 Å². The molecule has 1 saturated heterocycles. The van der Waals surface area contributed by atoms with Gasteiger partial charge in [0, 0.05) is 19.3 Å². The molecule has 1 N–H and O–H groups in total. The SMILES string of the molecule is CCC1CCCN(C(=O)c2ncccc2C#CCO)C1. The quantitative estimate of drug-likeness (QED) is 0.834. The molecule has 20 heavy (non-hydrogen) atoms. The number of amides is 1. The first kappa shape index (κ1) is 14.5. The number of aromatic nitrogens is 1. The van der Waals surface area contributed by atoms with E-state index in [0.717, 1.165) is 25.9 Å². The molecule has 0 aliphatic carbocycles. The van der Waals surface area contributed by atoms with E-state index < -0.39 is 0 Å². The molecular weight excluding hydrogens is 252 g/mol. The van der Waals surface area contributed by atoms with Crippen LogP contribution in [0.4, 0.5) is 0 Å². The van der Waals surface area contributed by atoms with Crippen LogP contribution in [0.15, 0.2) is 18.3 Å². The lowest BCUT2D eigenvalue weighted by Gasteiger charge is -2.32. The molecule has 4 heteroatoms. The van der Waals surface area contributed by atoms with Gasteiger partial charge in [0.25, 0.3) is 5.91 Å². The molecule has 1 aromatic rings. The Morgan fingerprint density at radius 2 is 2.45 bits per heavy atom. The molecule has 1 aliphatic rings. The van der Waals surface area contributed by atoms with E-state index in [9.17, 15) is 4.79 Å². The molecule has 1 fully saturated rings. The van der Waals surface area contributed by atoms with Crippen LogP contribution in [0.2, 0.25) is 0 Å². The fourth-order valence-electron chi connectivity index (χ4n) is 2.54. The van der Waals surface area contributed by atoms with E-state index in [-0.39, 0.29) is 12.5 Å². The number of piperidine rings is 1. The van der Waals surface area contributed by atoms with Gasteiger partial charge in [-0.05, 0) is 30.9 Å². The Bertz CT molecular complexity index is 531. The van der Waals surface area contributed by atoms with Crippen molar-refractivity contribution in [3.63, 3.8) is 0 Å². The monoisotopic (exact) mass is 272 g/mol. The Balaban J connectivity index is 2.20. The topological polar surface area (TPSA) is 53.4 Å². The normalized spacial score (nSPS) is 18.3. The third kappa shape index (κ3) is 3.37. The first-order valence-corrected chi connectivity index (χ1v) is 7.10. The maximum absolute atomic E-state index is 12.6. The summed E-state index contributed by atoms with van der Waals surface area (Å²) in [6, 6.07) is 3.52. The second-order valence-electron chi connectivity index (χ2n) is 5.03. The van der Waals surface area contributed by atoms with Crippen LogP contribution in [0.25, 0.3) is 0 Å². The summed E-state index contributed by atoms with van der Waals surface area (Å²) in [6.07, 6.45) is 4.95. The van der Waals surface area contributed by atoms with E-state index in [4.69, 9.17) is 5.11 Å². The van der Waals surface area contributed by atoms with E-state index in [1.54, 1.807) is 18.3 Å². The summed E-state index contributed by atoms with van der Waals surface area (Å²) in [6.45, 7) is 3.54. The van der Waals surface area contributed by atoms with Crippen molar-refractivity contribution in [1.82, 2.24) is 9.88 Å². The van der Waals surface area contributed by atoms with Gasteiger partial charge in [-0.2, -0.15) is 0 Å². The van der Waals surface area contributed by atoms with Crippen LogP contribution in [0.5, 0.6) is 0 Å². The van der Waals surface area contributed by atoms with Crippen LogP contribution in [-0.4, -0.2) is 40.6 Å². The van der Waals surface area contributed by atoms with Gasteiger partial charge in [0.1, 0.15) is 12.3 Å². The molecule has 2 rings (SSSR count). The molecule has 0 aromatic carbocycles. The van der Waals surface area contributed by atoms with Gasteiger partial charge in [0.15, 0.2) is 0 Å². The second-order valence-corrected chi connectivity index (χ2v) is 5.03. The number of likely N-dealkylation sites (tertiary alicyclic amines) is 1. The maximum atomic E-state index is 12.6. The summed E-state index contributed by atoms with van der Waals surface area (Å²) in [5.41, 5.74) is 0.982. The van der Waals surface area contributed by atoms with E-state index in [1.807, 2.05) is 4.90 Å². The van der Waals surface area contributed by atoms with Gasteiger partial charge < -0.3 is 10.0 Å². The number of rotatable bonds is 2. The molecule has 1 unspecified atom stereocenters. The van der Waals surface area contributed by atoms with Gasteiger partial charge in [0.05, 0.1) is 5.56 Å². The smallest absolute Gasteiger partial charge is 0.273 e. The zero-order valence-electron chi connectivity index (χ0n) is 11.8. The lowest BCUT2D eigenvalue weighted by Crippen LogP contribution is -2.40. The Labute approximate surface area is 119 Å². The van der Waals surface area contributed by atoms with Crippen LogP contribution >= 0.6 is 0 Å². The Morgan fingerprint density at radius 3 is 3.20 bits per heavy atom. The summed E-state index contributed by atoms with van der Waals surface area (Å²) in [4.78, 5) is 18.6. The van der Waals surface area contributed by atoms with Gasteiger partial charge >= 0.3 is 0 Å². The van der Waals surface area contributed by atoms with Gasteiger partial charge in [-0.25, -0.2) is 4.98 Å². The van der Waals surface area contributed by atoms with Crippen molar-refractivity contribution >= 4 is 5.91 Å². The molecule has 1 atom stereocenters. The number of aliphatic hydroxyl groups excluding tert-OH is 1. The zero-order chi connectivity index (χ0) is 14.4. The number of aliphatic hydroxyl groups is 1. The highest BCUT2D eigenvalue weighted by Gasteiger charge is 2.25. The Morgan fingerprint density at radius 1 is 1.60 bits per heavy atom. The first-order valence-electron chi connectivity index (χ1n) is 7.10. The lowest BCUT2D eigenvalue weighted by atomic mass is 9.95. The molecule has 1 aromatic heterocycles. The summed E-state index contributed by atoms with van der Waals surface area (Å²) in [5.74, 6) is 5.91. The van der Waals surface area contributed by atoms with E-state index >= 15 is 0 Å². The van der Waals surface area contributed by atoms with Crippen molar-refractivity contribution in [2.45, 2.75) is 26.2 Å². The summed E-state index contributed by atoms with van der Waals surface area (Å²) < 4.78 is 0. The van der Waals surface area contributed by atoms with Crippen LogP contribution in [0.3, 0.4) is 0 Å². The summed E-state index contributed by atoms with van der Waals surface area (Å²) in [5, 5.41) is 8.78. The molecule has 0 spiro atoms. The van der Waals surface area contributed by atoms with Crippen molar-refractivity contribution in [3.05, 3.63) is 29.6 Å². The fourth-order valence-corrected chi connectivity index (χ4v) is 2.54. The number of hydrogen-bond acceptors (Lipinski definition) is 3. The number of hydrogen-bond donors (Lipinski definition) is 1. The molecule has 106 valence electrons. The number of carbonyl (C=O) groups is 1. The van der Waals surface area contributed by atoms with Crippen LogP contribution in [0, 0.1) is 17.8 Å². The first-order chi connectivity index (χ1) is 9.76. The number of nitrogens with zero attached hydrogens (tertiary/aromatic N) is 2. The molecule has 0 saturated carbocycles. The van der Waals surface area contributed by atoms with Gasteiger partial charge in [0.2, 0.25) is 0 Å². The van der Waals surface area contributed by atoms with Gasteiger partial charge in [-0.1, -0.05) is 25.2 Å². The Hall–Kier alpha value is -1.86. The fraction of sp³-hybridized carbons (Fsp3) is 0.500. The highest BCUT2D eigenvalue weighted by Crippen LogP contribution is 2.21. The highest BCUT2D eigenvalue weighted by molar-refractivity contribution is 5.94. The number of carbonyl (C=O) groups excluding carboxylic acids is 1. The van der Waals surface area contributed by atoms with E-state index in [0.29, 0.717) is 17.2 Å². The van der Waals surface area contributed by atoms with Crippen molar-refractivity contribution in [1.29, 1.82) is 0 Å². The third-order valence-electron chi connectivity index (χ3n) is 3.70. The largest absolute Gasteiger partial charge is 0.384 e. The van der Waals surface area contributed by atoms with E-state index in [2.05, 4.69) is 23.7 Å². The lowest BCUT2D eigenvalue weighted by molar-refractivity contribution is 0.0665. The summed E-state index contributed by atoms with van der Waals surface area (Å²) in [7, 11) is 0. The van der Waals surface area contributed by atoms with Crippen molar-refractivity contribution in [2.75, 3.05) is 19.7 Å². The van der Waals surface area contributed by atoms with Crippen molar-refractivity contribution < 1.29 is 9.90 Å². The molecule has 2 heterocycles. The highest BCUT2D eigenvalue weighted by atomic mass is 16.2. The van der Waals surface area contributed by atoms with Crippen molar-refractivity contribution in [2.24, 2.45) is 5.92 Å². The van der Waals surface area contributed by atoms with Crippen LogP contribution < -0.4 is 0 Å². The standard InChI is InChI=1S/C16H20N2O2/c1-2-13-6-4-10-18(12-13)16(20)15-14(8-5-11-19)7-3-9-17-15/h3,7,9,13,19H,2,4,6,10-12H2,1H3. The zero-order valence-corrected chi connectivity index (χ0v) is 11.8. The average molecular weight is 272 g/mol. The van der Waals surface area contributed by atoms with Gasteiger partial charge in [-0.3, -0.25) is 4.79 Å². The van der Waals surface area contributed by atoms with Crippen LogP contribution in [0.1, 0.15) is 42.2 Å². The molecule has 0 radical (unpaired) electrons. The van der Waals surface area contributed by atoms with Gasteiger partial charge in [-0.15, -0.1) is 0 Å². The predicted octanol–water partition coefficient (Wildman–Crippen LogP) is 1.69. The minimum Gasteiger partial charge on any atom is -0.384 e. The molecule has 1 amide bonds. The summed E-state index contributed by atoms with van der Waals surface area (Å²) >= 11 is 0. The average Bonchev–Trinajstić information content (AvgIpc) is 2.52. The van der Waals surface area contributed by atoms with E-state index in [1.165, 1.54) is 6.42 Å². The molecule has 4 nitrogen and oxygen atoms in total. The van der Waals surface area contributed by atoms with Crippen LogP contribution in [-0.2, 0) is 0 Å². The second kappa shape index (κ2) is 7.06. The Kier molecular flexibility index (Phi) is 5.14. The molecule has 1 aliphatic heterocycles. The maximum Gasteiger partial charge on any atom is 0.273 e.